The van der Waals surface area contributed by atoms with Crippen LogP contribution in [-0.4, -0.2) is 0 Å². The van der Waals surface area contributed by atoms with Crippen molar-refractivity contribution in [3.8, 4) is 33.4 Å². The summed E-state index contributed by atoms with van der Waals surface area (Å²) in [4.78, 5) is 0. The third kappa shape index (κ3) is 2.84. The van der Waals surface area contributed by atoms with Gasteiger partial charge in [-0.2, -0.15) is 0 Å². The standard InChI is InChI=1S/C37H26/c1-37(2)33-12-4-3-11-30(33)31-19-17-27(22-34(31)37)26-9-6-10-28(21-26)29-18-15-25-14-13-23-7-5-8-24-16-20-32(29)36(25)35(23)24/h3-22H,1-2H3. The molecule has 0 bridgehead atoms. The fourth-order valence-electron chi connectivity index (χ4n) is 6.74. The topological polar surface area (TPSA) is 0 Å². The largest absolute Gasteiger partial charge is 0.0619 e. The molecule has 0 fully saturated rings. The molecule has 7 aromatic rings. The number of rotatable bonds is 2. The van der Waals surface area contributed by atoms with Crippen molar-refractivity contribution in [3.05, 3.63) is 132 Å². The predicted molar refractivity (Wildman–Crippen MR) is 159 cm³/mol. The van der Waals surface area contributed by atoms with Gasteiger partial charge < -0.3 is 0 Å². The lowest BCUT2D eigenvalue weighted by molar-refractivity contribution is 0.660. The van der Waals surface area contributed by atoms with Crippen molar-refractivity contribution in [1.82, 2.24) is 0 Å². The Bertz CT molecular complexity index is 1990. The zero-order valence-electron chi connectivity index (χ0n) is 21.0. The Morgan fingerprint density at radius 1 is 0.405 bits per heavy atom. The van der Waals surface area contributed by atoms with E-state index in [1.807, 2.05) is 0 Å². The zero-order chi connectivity index (χ0) is 24.7. The van der Waals surface area contributed by atoms with Crippen LogP contribution in [-0.2, 0) is 5.41 Å². The molecule has 8 rings (SSSR count). The van der Waals surface area contributed by atoms with E-state index in [1.54, 1.807) is 0 Å². The normalized spacial score (nSPS) is 13.9. The number of benzene rings is 7. The Kier molecular flexibility index (Phi) is 4.10. The van der Waals surface area contributed by atoms with Gasteiger partial charge >= 0.3 is 0 Å². The van der Waals surface area contributed by atoms with Crippen LogP contribution in [0.5, 0.6) is 0 Å². The van der Waals surface area contributed by atoms with Gasteiger partial charge in [0.05, 0.1) is 0 Å². The fraction of sp³-hybridized carbons (Fsp3) is 0.0811. The van der Waals surface area contributed by atoms with E-state index in [2.05, 4.69) is 135 Å². The zero-order valence-corrected chi connectivity index (χ0v) is 21.0. The van der Waals surface area contributed by atoms with E-state index < -0.39 is 0 Å². The predicted octanol–water partition coefficient (Wildman–Crippen LogP) is 10.2. The molecule has 0 amide bonds. The van der Waals surface area contributed by atoms with Gasteiger partial charge in [-0.3, -0.25) is 0 Å². The highest BCUT2D eigenvalue weighted by molar-refractivity contribution is 6.25. The summed E-state index contributed by atoms with van der Waals surface area (Å²) in [7, 11) is 0. The van der Waals surface area contributed by atoms with E-state index in [-0.39, 0.29) is 5.41 Å². The molecule has 1 aliphatic rings. The lowest BCUT2D eigenvalue weighted by Crippen LogP contribution is -2.14. The monoisotopic (exact) mass is 470 g/mol. The van der Waals surface area contributed by atoms with Gasteiger partial charge in [-0.25, -0.2) is 0 Å². The minimum absolute atomic E-state index is 0.00558. The molecule has 37 heavy (non-hydrogen) atoms. The molecule has 0 heteroatoms. The second-order valence-corrected chi connectivity index (χ2v) is 11.0. The van der Waals surface area contributed by atoms with Crippen LogP contribution in [0.3, 0.4) is 0 Å². The first-order chi connectivity index (χ1) is 18.1. The Morgan fingerprint density at radius 3 is 1.89 bits per heavy atom. The van der Waals surface area contributed by atoms with Crippen molar-refractivity contribution in [1.29, 1.82) is 0 Å². The molecule has 174 valence electrons. The molecule has 0 heterocycles. The highest BCUT2D eigenvalue weighted by Crippen LogP contribution is 2.49. The quantitative estimate of drug-likeness (QED) is 0.220. The van der Waals surface area contributed by atoms with E-state index in [0.717, 1.165) is 0 Å². The van der Waals surface area contributed by atoms with Crippen molar-refractivity contribution < 1.29 is 0 Å². The molecule has 0 saturated carbocycles. The Morgan fingerprint density at radius 2 is 1.03 bits per heavy atom. The number of fused-ring (bicyclic) bond motifs is 3. The van der Waals surface area contributed by atoms with Crippen molar-refractivity contribution in [2.75, 3.05) is 0 Å². The third-order valence-corrected chi connectivity index (χ3v) is 8.62. The summed E-state index contributed by atoms with van der Waals surface area (Å²) >= 11 is 0. The molecule has 0 aliphatic heterocycles. The summed E-state index contributed by atoms with van der Waals surface area (Å²) in [6.45, 7) is 4.70. The minimum atomic E-state index is 0.00558. The van der Waals surface area contributed by atoms with Crippen LogP contribution < -0.4 is 0 Å². The molecule has 0 radical (unpaired) electrons. The van der Waals surface area contributed by atoms with Crippen molar-refractivity contribution >= 4 is 32.3 Å². The van der Waals surface area contributed by atoms with Crippen molar-refractivity contribution in [2.45, 2.75) is 19.3 Å². The molecule has 0 spiro atoms. The van der Waals surface area contributed by atoms with Crippen LogP contribution in [0.1, 0.15) is 25.0 Å². The van der Waals surface area contributed by atoms with Gasteiger partial charge in [0.1, 0.15) is 0 Å². The van der Waals surface area contributed by atoms with Gasteiger partial charge in [0.15, 0.2) is 0 Å². The Hall–Kier alpha value is -4.42. The molecule has 0 nitrogen and oxygen atoms in total. The number of hydrogen-bond donors (Lipinski definition) is 0. The summed E-state index contributed by atoms with van der Waals surface area (Å²) < 4.78 is 0. The van der Waals surface area contributed by atoms with Crippen molar-refractivity contribution in [2.24, 2.45) is 0 Å². The lowest BCUT2D eigenvalue weighted by atomic mass is 9.81. The van der Waals surface area contributed by atoms with E-state index >= 15 is 0 Å². The first-order valence-electron chi connectivity index (χ1n) is 13.1. The highest BCUT2D eigenvalue weighted by atomic mass is 14.4. The van der Waals surface area contributed by atoms with Crippen LogP contribution >= 0.6 is 0 Å². The highest BCUT2D eigenvalue weighted by Gasteiger charge is 2.35. The van der Waals surface area contributed by atoms with E-state index in [9.17, 15) is 0 Å². The second kappa shape index (κ2) is 7.31. The molecular formula is C37H26. The average molecular weight is 471 g/mol. The van der Waals surface area contributed by atoms with Gasteiger partial charge in [-0.15, -0.1) is 0 Å². The minimum Gasteiger partial charge on any atom is -0.0619 e. The Balaban J connectivity index is 1.30. The van der Waals surface area contributed by atoms with Crippen LogP contribution in [0, 0.1) is 0 Å². The van der Waals surface area contributed by atoms with Crippen LogP contribution in [0.15, 0.2) is 121 Å². The molecule has 0 aromatic heterocycles. The number of hydrogen-bond acceptors (Lipinski definition) is 0. The summed E-state index contributed by atoms with van der Waals surface area (Å²) in [6, 6.07) is 45.2. The van der Waals surface area contributed by atoms with Gasteiger partial charge in [0.25, 0.3) is 0 Å². The fourth-order valence-corrected chi connectivity index (χ4v) is 6.74. The van der Waals surface area contributed by atoms with Gasteiger partial charge in [0, 0.05) is 5.41 Å². The van der Waals surface area contributed by atoms with Gasteiger partial charge in [0.2, 0.25) is 0 Å². The molecule has 1 aliphatic carbocycles. The maximum Gasteiger partial charge on any atom is 0.0159 e. The third-order valence-electron chi connectivity index (χ3n) is 8.62. The smallest absolute Gasteiger partial charge is 0.0159 e. The molecule has 0 unspecified atom stereocenters. The molecule has 0 saturated heterocycles. The molecular weight excluding hydrogens is 444 g/mol. The van der Waals surface area contributed by atoms with Gasteiger partial charge in [-0.05, 0) is 89.0 Å². The molecule has 0 atom stereocenters. The average Bonchev–Trinajstić information content (AvgIpc) is 3.18. The summed E-state index contributed by atoms with van der Waals surface area (Å²) in [6.07, 6.45) is 0. The molecule has 0 N–H and O–H groups in total. The van der Waals surface area contributed by atoms with E-state index in [1.165, 1.54) is 76.8 Å². The SMILES string of the molecule is CC1(C)c2ccccc2-c2ccc(-c3cccc(-c4ccc5ccc6cccc7ccc4c5c67)c3)cc21. The maximum atomic E-state index is 2.42. The van der Waals surface area contributed by atoms with Gasteiger partial charge in [-0.1, -0.05) is 123 Å². The first kappa shape index (κ1) is 20.7. The summed E-state index contributed by atoms with van der Waals surface area (Å²) in [5, 5.41) is 7.99. The Labute approximate surface area is 217 Å². The van der Waals surface area contributed by atoms with Crippen LogP contribution in [0.4, 0.5) is 0 Å². The van der Waals surface area contributed by atoms with Crippen molar-refractivity contribution in [3.63, 3.8) is 0 Å². The molecule has 7 aromatic carbocycles. The second-order valence-electron chi connectivity index (χ2n) is 11.0. The lowest BCUT2D eigenvalue weighted by Gasteiger charge is -2.22. The first-order valence-corrected chi connectivity index (χ1v) is 13.1. The maximum absolute atomic E-state index is 2.42. The van der Waals surface area contributed by atoms with E-state index in [4.69, 9.17) is 0 Å². The summed E-state index contributed by atoms with van der Waals surface area (Å²) in [5.41, 5.74) is 10.7. The summed E-state index contributed by atoms with van der Waals surface area (Å²) in [5.74, 6) is 0. The van der Waals surface area contributed by atoms with Crippen LogP contribution in [0.25, 0.3) is 65.7 Å². The van der Waals surface area contributed by atoms with Crippen LogP contribution in [0.2, 0.25) is 0 Å². The van der Waals surface area contributed by atoms with E-state index in [0.29, 0.717) is 0 Å².